The lowest BCUT2D eigenvalue weighted by Gasteiger charge is -2.32. The molecule has 0 aromatic carbocycles. The van der Waals surface area contributed by atoms with Crippen molar-refractivity contribution >= 4 is 24.0 Å². The van der Waals surface area contributed by atoms with Gasteiger partial charge in [0.25, 0.3) is 5.91 Å². The van der Waals surface area contributed by atoms with Gasteiger partial charge in [0.05, 0.1) is 5.56 Å². The Kier molecular flexibility index (Phi) is 6.79. The first-order chi connectivity index (χ1) is 14.1. The first-order valence-corrected chi connectivity index (χ1v) is 9.72. The highest BCUT2D eigenvalue weighted by atomic mass is 16.5. The van der Waals surface area contributed by atoms with E-state index in [2.05, 4.69) is 44.1 Å². The Hall–Kier alpha value is -2.97. The number of carbonyl (C=O) groups is 1. The van der Waals surface area contributed by atoms with Crippen LogP contribution in [0.5, 0.6) is 0 Å². The second kappa shape index (κ2) is 9.49. The van der Waals surface area contributed by atoms with Crippen LogP contribution < -0.4 is 15.7 Å². The molecule has 3 heterocycles. The molecule has 0 aliphatic carbocycles. The first-order valence-electron chi connectivity index (χ1n) is 9.72. The Balaban J connectivity index is 1.47. The van der Waals surface area contributed by atoms with Gasteiger partial charge in [0.15, 0.2) is 0 Å². The molecule has 8 nitrogen and oxygen atoms in total. The normalized spacial score (nSPS) is 14.6. The van der Waals surface area contributed by atoms with Crippen LogP contribution in [0.2, 0.25) is 0 Å². The summed E-state index contributed by atoms with van der Waals surface area (Å²) in [6.07, 6.45) is 10.8. The summed E-state index contributed by atoms with van der Waals surface area (Å²) in [4.78, 5) is 22.0. The van der Waals surface area contributed by atoms with Gasteiger partial charge in [-0.1, -0.05) is 19.2 Å². The van der Waals surface area contributed by atoms with Gasteiger partial charge in [-0.3, -0.25) is 10.0 Å². The number of hydrogen-bond acceptors (Lipinski definition) is 6. The predicted octanol–water partition coefficient (Wildman–Crippen LogP) is 2.23. The van der Waals surface area contributed by atoms with Crippen LogP contribution in [0.4, 0.5) is 5.95 Å². The monoisotopic (exact) mass is 396 g/mol. The van der Waals surface area contributed by atoms with E-state index in [1.165, 1.54) is 18.0 Å². The van der Waals surface area contributed by atoms with Crippen molar-refractivity contribution in [1.29, 1.82) is 0 Å². The van der Waals surface area contributed by atoms with Gasteiger partial charge < -0.3 is 14.8 Å². The van der Waals surface area contributed by atoms with Crippen LogP contribution >= 0.6 is 0 Å². The molecule has 1 fully saturated rings. The van der Waals surface area contributed by atoms with Crippen LogP contribution in [0.25, 0.3) is 12.2 Å². The van der Waals surface area contributed by atoms with E-state index in [0.29, 0.717) is 11.9 Å². The van der Waals surface area contributed by atoms with Gasteiger partial charge in [-0.2, -0.15) is 0 Å². The van der Waals surface area contributed by atoms with E-state index in [1.54, 1.807) is 5.48 Å². The molecule has 154 valence electrons. The number of nitrogens with one attached hydrogen (secondary N) is 2. The second-order valence-corrected chi connectivity index (χ2v) is 7.25. The van der Waals surface area contributed by atoms with Gasteiger partial charge in [0.2, 0.25) is 5.95 Å². The number of aryl methyl sites for hydroxylation is 1. The third kappa shape index (κ3) is 4.72. The topological polar surface area (TPSA) is 95.3 Å². The Morgan fingerprint density at radius 3 is 2.55 bits per heavy atom. The van der Waals surface area contributed by atoms with Crippen molar-refractivity contribution in [2.45, 2.75) is 19.4 Å². The number of aromatic nitrogens is 3. The zero-order valence-corrected chi connectivity index (χ0v) is 16.8. The summed E-state index contributed by atoms with van der Waals surface area (Å²) in [5, 5.41) is 12.2. The van der Waals surface area contributed by atoms with Gasteiger partial charge >= 0.3 is 0 Å². The highest BCUT2D eigenvalue weighted by molar-refractivity contribution is 5.92. The third-order valence-corrected chi connectivity index (χ3v) is 5.40. The van der Waals surface area contributed by atoms with Crippen molar-refractivity contribution < 1.29 is 10.0 Å². The number of hydroxylamine groups is 1. The van der Waals surface area contributed by atoms with Crippen LogP contribution in [0.3, 0.4) is 0 Å². The van der Waals surface area contributed by atoms with Gasteiger partial charge in [0.1, 0.15) is 0 Å². The van der Waals surface area contributed by atoms with Gasteiger partial charge in [-0.15, -0.1) is 0 Å². The molecule has 1 aliphatic heterocycles. The third-order valence-electron chi connectivity index (χ3n) is 5.40. The summed E-state index contributed by atoms with van der Waals surface area (Å²) in [5.74, 6) is 0.600. The molecule has 1 aliphatic rings. The van der Waals surface area contributed by atoms with E-state index in [9.17, 15) is 4.79 Å². The molecule has 2 aromatic heterocycles. The predicted molar refractivity (Wildman–Crippen MR) is 114 cm³/mol. The fraction of sp³-hybridized carbons (Fsp3) is 0.381. The maximum Gasteiger partial charge on any atom is 0.277 e. The summed E-state index contributed by atoms with van der Waals surface area (Å²) >= 11 is 0. The zero-order valence-electron chi connectivity index (χ0n) is 16.8. The lowest BCUT2D eigenvalue weighted by molar-refractivity contribution is 0.0705. The molecule has 0 bridgehead atoms. The lowest BCUT2D eigenvalue weighted by Crippen LogP contribution is -2.38. The minimum atomic E-state index is -0.612. The number of piperidine rings is 1. The van der Waals surface area contributed by atoms with Crippen LogP contribution in [-0.2, 0) is 13.6 Å². The van der Waals surface area contributed by atoms with Gasteiger partial charge in [-0.25, -0.2) is 15.4 Å². The van der Waals surface area contributed by atoms with Crippen LogP contribution in [0.1, 0.15) is 40.0 Å². The molecule has 1 amide bonds. The van der Waals surface area contributed by atoms with Gasteiger partial charge in [0, 0.05) is 56.5 Å². The Bertz CT molecular complexity index is 866. The SMILES string of the molecule is C=Cc1c(CNCC2CCN(c3ncc(C(=O)NO)cn3)CC2)cn(C)c1C=C. The van der Waals surface area contributed by atoms with E-state index in [1.807, 2.05) is 19.2 Å². The van der Waals surface area contributed by atoms with Crippen molar-refractivity contribution in [1.82, 2.24) is 25.3 Å². The quantitative estimate of drug-likeness (QED) is 0.468. The molecular weight excluding hydrogens is 368 g/mol. The number of anilines is 1. The minimum absolute atomic E-state index is 0.231. The highest BCUT2D eigenvalue weighted by Crippen LogP contribution is 2.22. The molecule has 0 saturated carbocycles. The maximum absolute atomic E-state index is 11.4. The first kappa shape index (κ1) is 20.8. The summed E-state index contributed by atoms with van der Waals surface area (Å²) in [5.41, 5.74) is 5.27. The summed E-state index contributed by atoms with van der Waals surface area (Å²) in [6.45, 7) is 11.3. The zero-order chi connectivity index (χ0) is 20.8. The number of carbonyl (C=O) groups excluding carboxylic acids is 1. The molecule has 0 atom stereocenters. The second-order valence-electron chi connectivity index (χ2n) is 7.25. The fourth-order valence-corrected chi connectivity index (χ4v) is 3.77. The molecule has 0 unspecified atom stereocenters. The van der Waals surface area contributed by atoms with Crippen molar-refractivity contribution in [3.8, 4) is 0 Å². The summed E-state index contributed by atoms with van der Waals surface area (Å²) in [7, 11) is 2.02. The average molecular weight is 396 g/mol. The molecule has 2 aromatic rings. The fourth-order valence-electron chi connectivity index (χ4n) is 3.77. The summed E-state index contributed by atoms with van der Waals surface area (Å²) in [6, 6.07) is 0. The molecule has 29 heavy (non-hydrogen) atoms. The molecule has 0 spiro atoms. The largest absolute Gasteiger partial charge is 0.350 e. The maximum atomic E-state index is 11.4. The smallest absolute Gasteiger partial charge is 0.277 e. The van der Waals surface area contributed by atoms with Crippen molar-refractivity contribution in [3.05, 3.63) is 54.1 Å². The van der Waals surface area contributed by atoms with Gasteiger partial charge in [-0.05, 0) is 36.9 Å². The van der Waals surface area contributed by atoms with E-state index in [-0.39, 0.29) is 5.56 Å². The van der Waals surface area contributed by atoms with E-state index >= 15 is 0 Å². The number of nitrogens with zero attached hydrogens (tertiary/aromatic N) is 4. The summed E-state index contributed by atoms with van der Waals surface area (Å²) < 4.78 is 2.08. The van der Waals surface area contributed by atoms with Crippen molar-refractivity contribution in [3.63, 3.8) is 0 Å². The molecule has 1 saturated heterocycles. The van der Waals surface area contributed by atoms with Crippen molar-refractivity contribution in [2.75, 3.05) is 24.5 Å². The Labute approximate surface area is 170 Å². The molecule has 3 rings (SSSR count). The highest BCUT2D eigenvalue weighted by Gasteiger charge is 2.21. The molecule has 8 heteroatoms. The Morgan fingerprint density at radius 2 is 1.97 bits per heavy atom. The van der Waals surface area contributed by atoms with Crippen molar-refractivity contribution in [2.24, 2.45) is 13.0 Å². The average Bonchev–Trinajstić information content (AvgIpc) is 3.08. The van der Waals surface area contributed by atoms with Crippen LogP contribution in [0.15, 0.2) is 31.7 Å². The van der Waals surface area contributed by atoms with Crippen LogP contribution in [0, 0.1) is 5.92 Å². The number of amides is 1. The standard InChI is InChI=1S/C21H28N6O2/c1-4-18-17(14-26(3)19(18)5-2)11-22-10-15-6-8-27(9-7-15)21-23-12-16(13-24-21)20(28)25-29/h4-5,12-15,22,29H,1-2,6-11H2,3H3,(H,25,28). The van der Waals surface area contributed by atoms with E-state index in [0.717, 1.165) is 50.3 Å². The molecule has 3 N–H and O–H groups in total. The molecular formula is C21H28N6O2. The van der Waals surface area contributed by atoms with Crippen LogP contribution in [-0.4, -0.2) is 45.3 Å². The number of rotatable bonds is 8. The minimum Gasteiger partial charge on any atom is -0.350 e. The lowest BCUT2D eigenvalue weighted by atomic mass is 9.97. The number of hydrogen-bond donors (Lipinski definition) is 3. The van der Waals surface area contributed by atoms with E-state index < -0.39 is 5.91 Å². The Morgan fingerprint density at radius 1 is 1.28 bits per heavy atom. The van der Waals surface area contributed by atoms with E-state index in [4.69, 9.17) is 5.21 Å². The molecule has 0 radical (unpaired) electrons.